The van der Waals surface area contributed by atoms with E-state index >= 15 is 0 Å². The van der Waals surface area contributed by atoms with Crippen molar-refractivity contribution < 1.29 is 18.2 Å². The van der Waals surface area contributed by atoms with Crippen molar-refractivity contribution in [1.82, 2.24) is 10.3 Å². The van der Waals surface area contributed by atoms with E-state index in [0.29, 0.717) is 12.3 Å². The van der Waals surface area contributed by atoms with Crippen molar-refractivity contribution in [2.45, 2.75) is 6.54 Å². The fourth-order valence-electron chi connectivity index (χ4n) is 1.25. The van der Waals surface area contributed by atoms with Crippen LogP contribution in [0, 0.1) is 0 Å². The lowest BCUT2D eigenvalue weighted by molar-refractivity contribution is 0.174. The normalized spacial score (nSPS) is 15.3. The molecule has 1 aromatic rings. The lowest BCUT2D eigenvalue weighted by atomic mass is 10.2. The first-order valence-electron chi connectivity index (χ1n) is 4.23. The summed E-state index contributed by atoms with van der Waals surface area (Å²) in [5.74, 6) is 1.41. The second kappa shape index (κ2) is 4.58. The molecule has 0 radical (unpaired) electrons. The summed E-state index contributed by atoms with van der Waals surface area (Å²) in [7, 11) is 0. The lowest BCUT2D eigenvalue weighted by Crippen LogP contribution is -2.32. The van der Waals surface area contributed by atoms with Crippen LogP contribution in [0.1, 0.15) is 5.56 Å². The van der Waals surface area contributed by atoms with Crippen molar-refractivity contribution in [3.05, 3.63) is 23.8 Å². The molecule has 1 atom stereocenters. The Kier molecular flexibility index (Phi) is 3.17. The smallest absolute Gasteiger partial charge is 0.245 e. The zero-order valence-corrected chi connectivity index (χ0v) is 8.54. The fraction of sp³-hybridized carbons (Fsp3) is 0.250. The van der Waals surface area contributed by atoms with Gasteiger partial charge in [-0.3, -0.25) is 4.55 Å². The maximum Gasteiger partial charge on any atom is 0.245 e. The van der Waals surface area contributed by atoms with Gasteiger partial charge in [0.1, 0.15) is 0 Å². The van der Waals surface area contributed by atoms with Crippen molar-refractivity contribution in [2.75, 3.05) is 6.79 Å². The lowest BCUT2D eigenvalue weighted by Gasteiger charge is -2.04. The molecule has 0 aromatic heterocycles. The summed E-state index contributed by atoms with van der Waals surface area (Å²) in [5.41, 5.74) is 3.52. The largest absolute Gasteiger partial charge is 0.454 e. The summed E-state index contributed by atoms with van der Waals surface area (Å²) in [4.78, 5) is 2.17. The van der Waals surface area contributed by atoms with Crippen LogP contribution in [0.5, 0.6) is 11.5 Å². The van der Waals surface area contributed by atoms with Gasteiger partial charge in [0.05, 0.1) is 0 Å². The van der Waals surface area contributed by atoms with Gasteiger partial charge in [0, 0.05) is 6.54 Å². The molecule has 15 heavy (non-hydrogen) atoms. The number of ether oxygens (including phenoxy) is 2. The number of rotatable bonds is 4. The summed E-state index contributed by atoms with van der Waals surface area (Å²) in [6, 6.07) is 5.47. The van der Waals surface area contributed by atoms with E-state index in [1.54, 1.807) is 6.07 Å². The van der Waals surface area contributed by atoms with E-state index in [4.69, 9.17) is 14.0 Å². The zero-order valence-electron chi connectivity index (χ0n) is 7.73. The fourth-order valence-corrected chi connectivity index (χ4v) is 1.45. The highest BCUT2D eigenvalue weighted by Crippen LogP contribution is 2.32. The van der Waals surface area contributed by atoms with Crippen molar-refractivity contribution >= 4 is 11.3 Å². The van der Waals surface area contributed by atoms with Crippen LogP contribution >= 0.6 is 0 Å². The minimum atomic E-state index is -2.06. The quantitative estimate of drug-likeness (QED) is 0.506. The average molecular weight is 230 g/mol. The molecule has 1 unspecified atom stereocenters. The third kappa shape index (κ3) is 2.66. The summed E-state index contributed by atoms with van der Waals surface area (Å²) in [6.45, 7) is 0.661. The minimum absolute atomic E-state index is 0.241. The van der Waals surface area contributed by atoms with E-state index in [2.05, 4.69) is 10.3 Å². The highest BCUT2D eigenvalue weighted by Gasteiger charge is 2.12. The van der Waals surface area contributed by atoms with Crippen LogP contribution in [-0.2, 0) is 17.8 Å². The number of hydrazine groups is 1. The van der Waals surface area contributed by atoms with E-state index in [1.807, 2.05) is 12.1 Å². The first kappa shape index (κ1) is 10.4. The molecule has 0 saturated carbocycles. The molecule has 2 rings (SSSR count). The van der Waals surface area contributed by atoms with Gasteiger partial charge in [0.25, 0.3) is 0 Å². The van der Waals surface area contributed by atoms with Gasteiger partial charge >= 0.3 is 0 Å². The first-order valence-corrected chi connectivity index (χ1v) is 5.34. The Bertz CT molecular complexity index is 385. The second-order valence-corrected chi connectivity index (χ2v) is 3.59. The van der Waals surface area contributed by atoms with Crippen LogP contribution in [0.2, 0.25) is 0 Å². The van der Waals surface area contributed by atoms with Gasteiger partial charge in [0.15, 0.2) is 11.5 Å². The van der Waals surface area contributed by atoms with Gasteiger partial charge < -0.3 is 9.47 Å². The van der Waals surface area contributed by atoms with Crippen LogP contribution in [0.15, 0.2) is 18.2 Å². The average Bonchev–Trinajstić information content (AvgIpc) is 2.64. The molecule has 0 amide bonds. The number of benzene rings is 1. The van der Waals surface area contributed by atoms with Crippen molar-refractivity contribution in [2.24, 2.45) is 0 Å². The van der Waals surface area contributed by atoms with E-state index in [1.165, 1.54) is 0 Å². The molecule has 1 aliphatic heterocycles. The Morgan fingerprint density at radius 1 is 1.40 bits per heavy atom. The number of hydrogen-bond donors (Lipinski definition) is 3. The maximum absolute atomic E-state index is 10.3. The number of hydrogen-bond acceptors (Lipinski definition) is 4. The summed E-state index contributed by atoms with van der Waals surface area (Å²) < 4.78 is 29.0. The van der Waals surface area contributed by atoms with Crippen molar-refractivity contribution in [3.8, 4) is 11.5 Å². The zero-order chi connectivity index (χ0) is 10.7. The predicted molar refractivity (Wildman–Crippen MR) is 53.3 cm³/mol. The summed E-state index contributed by atoms with van der Waals surface area (Å²) in [5, 5.41) is 0. The SMILES string of the molecule is O=S(O)NNCc1ccc2c(c1)OCO2. The Labute approximate surface area is 89.0 Å². The number of nitrogens with one attached hydrogen (secondary N) is 2. The molecule has 0 spiro atoms. The molecule has 82 valence electrons. The molecular formula is C8H10N2O4S. The van der Waals surface area contributed by atoms with Gasteiger partial charge in [-0.15, -0.1) is 0 Å². The third-order valence-electron chi connectivity index (χ3n) is 1.89. The van der Waals surface area contributed by atoms with E-state index < -0.39 is 11.3 Å². The molecule has 1 heterocycles. The van der Waals surface area contributed by atoms with Crippen LogP contribution < -0.4 is 19.7 Å². The third-order valence-corrected chi connectivity index (χ3v) is 2.21. The van der Waals surface area contributed by atoms with Gasteiger partial charge in [-0.25, -0.2) is 9.63 Å². The van der Waals surface area contributed by atoms with Crippen LogP contribution in [0.4, 0.5) is 0 Å². The maximum atomic E-state index is 10.3. The molecule has 0 fully saturated rings. The van der Waals surface area contributed by atoms with E-state index in [9.17, 15) is 4.21 Å². The molecule has 1 aliphatic rings. The Morgan fingerprint density at radius 3 is 3.00 bits per heavy atom. The summed E-state index contributed by atoms with van der Waals surface area (Å²) in [6.07, 6.45) is 0. The van der Waals surface area contributed by atoms with Crippen molar-refractivity contribution in [3.63, 3.8) is 0 Å². The van der Waals surface area contributed by atoms with E-state index in [0.717, 1.165) is 11.3 Å². The minimum Gasteiger partial charge on any atom is -0.454 e. The standard InChI is InChI=1S/C8H10N2O4S/c11-15(12)10-9-4-6-1-2-7-8(3-6)14-5-13-7/h1-3,9-10H,4-5H2,(H,11,12). The van der Waals surface area contributed by atoms with Gasteiger partial charge in [-0.05, 0) is 17.7 Å². The molecule has 0 saturated heterocycles. The Balaban J connectivity index is 1.95. The highest BCUT2D eigenvalue weighted by atomic mass is 32.2. The predicted octanol–water partition coefficient (Wildman–Crippen LogP) is 0.146. The van der Waals surface area contributed by atoms with Gasteiger partial charge in [-0.2, -0.15) is 4.83 Å². The van der Waals surface area contributed by atoms with Crippen LogP contribution in [0.3, 0.4) is 0 Å². The second-order valence-electron chi connectivity index (χ2n) is 2.89. The van der Waals surface area contributed by atoms with Crippen molar-refractivity contribution in [1.29, 1.82) is 0 Å². The van der Waals surface area contributed by atoms with Gasteiger partial charge in [0.2, 0.25) is 18.1 Å². The monoisotopic (exact) mass is 230 g/mol. The highest BCUT2D eigenvalue weighted by molar-refractivity contribution is 7.77. The Morgan fingerprint density at radius 2 is 2.20 bits per heavy atom. The molecule has 0 bridgehead atoms. The van der Waals surface area contributed by atoms with Crippen LogP contribution in [0.25, 0.3) is 0 Å². The molecule has 0 aliphatic carbocycles. The number of fused-ring (bicyclic) bond motifs is 1. The molecule has 7 heteroatoms. The summed E-state index contributed by atoms with van der Waals surface area (Å²) >= 11 is -2.06. The Hall–Kier alpha value is -1.15. The molecule has 3 N–H and O–H groups in total. The molecular weight excluding hydrogens is 220 g/mol. The van der Waals surface area contributed by atoms with Gasteiger partial charge in [-0.1, -0.05) is 6.07 Å². The van der Waals surface area contributed by atoms with E-state index in [-0.39, 0.29) is 6.79 Å². The van der Waals surface area contributed by atoms with Crippen LogP contribution in [-0.4, -0.2) is 15.6 Å². The first-order chi connectivity index (χ1) is 7.25. The topological polar surface area (TPSA) is 79.8 Å². The molecule has 1 aromatic carbocycles. The molecule has 6 nitrogen and oxygen atoms in total.